The van der Waals surface area contributed by atoms with Crippen molar-refractivity contribution < 1.29 is 24.5 Å². The fourth-order valence-corrected chi connectivity index (χ4v) is 2.60. The minimum atomic E-state index is -0.875. The van der Waals surface area contributed by atoms with Crippen LogP contribution in [0.5, 0.6) is 11.5 Å². The van der Waals surface area contributed by atoms with Crippen LogP contribution in [0.15, 0.2) is 30.3 Å². The van der Waals surface area contributed by atoms with Gasteiger partial charge in [0.2, 0.25) is 0 Å². The van der Waals surface area contributed by atoms with E-state index in [0.29, 0.717) is 22.1 Å². The number of esters is 1. The number of aliphatic hydroxyl groups is 1. The molecule has 0 unspecified atom stereocenters. The molecule has 0 fully saturated rings. The van der Waals surface area contributed by atoms with E-state index in [-0.39, 0.29) is 17.9 Å². The van der Waals surface area contributed by atoms with Crippen molar-refractivity contribution in [1.82, 2.24) is 0 Å². The van der Waals surface area contributed by atoms with Crippen LogP contribution in [0.3, 0.4) is 0 Å². The minimum absolute atomic E-state index is 0.0624. The van der Waals surface area contributed by atoms with Gasteiger partial charge in [-0.05, 0) is 13.0 Å². The SMILES string of the molecule is COC(=O)c1c2c(c3ccccc3c1O)O[C@@](C)(CO)C=C2. The smallest absolute Gasteiger partial charge is 0.342 e. The van der Waals surface area contributed by atoms with Crippen LogP contribution in [0.4, 0.5) is 0 Å². The van der Waals surface area contributed by atoms with Crippen molar-refractivity contribution in [3.05, 3.63) is 41.5 Å². The molecule has 1 aliphatic rings. The van der Waals surface area contributed by atoms with Crippen molar-refractivity contribution in [3.63, 3.8) is 0 Å². The number of hydrogen-bond donors (Lipinski definition) is 2. The van der Waals surface area contributed by atoms with Crippen molar-refractivity contribution in [2.75, 3.05) is 13.7 Å². The molecule has 3 rings (SSSR count). The molecule has 0 saturated carbocycles. The van der Waals surface area contributed by atoms with Crippen LogP contribution in [0.25, 0.3) is 16.8 Å². The summed E-state index contributed by atoms with van der Waals surface area (Å²) in [5.74, 6) is -0.324. The second kappa shape index (κ2) is 5.03. The highest BCUT2D eigenvalue weighted by molar-refractivity contribution is 6.08. The summed E-state index contributed by atoms with van der Waals surface area (Å²) < 4.78 is 10.7. The zero-order chi connectivity index (χ0) is 15.9. The Balaban J connectivity index is 2.39. The van der Waals surface area contributed by atoms with E-state index < -0.39 is 11.6 Å². The lowest BCUT2D eigenvalue weighted by Crippen LogP contribution is -2.36. The van der Waals surface area contributed by atoms with Crippen LogP contribution in [0.2, 0.25) is 0 Å². The lowest BCUT2D eigenvalue weighted by molar-refractivity contribution is 0.0582. The van der Waals surface area contributed by atoms with Gasteiger partial charge in [-0.1, -0.05) is 30.3 Å². The Hall–Kier alpha value is -2.53. The number of fused-ring (bicyclic) bond motifs is 3. The first-order valence-electron chi connectivity index (χ1n) is 6.86. The summed E-state index contributed by atoms with van der Waals surface area (Å²) in [6.45, 7) is 1.54. The molecule has 2 N–H and O–H groups in total. The van der Waals surface area contributed by atoms with Crippen molar-refractivity contribution in [1.29, 1.82) is 0 Å². The molecule has 2 aromatic carbocycles. The van der Waals surface area contributed by atoms with Gasteiger partial charge in [0.15, 0.2) is 0 Å². The average Bonchev–Trinajstić information content (AvgIpc) is 2.55. The zero-order valence-electron chi connectivity index (χ0n) is 12.3. The molecule has 0 radical (unpaired) electrons. The number of benzene rings is 2. The summed E-state index contributed by atoms with van der Waals surface area (Å²) in [6.07, 6.45) is 3.34. The highest BCUT2D eigenvalue weighted by atomic mass is 16.5. The maximum absolute atomic E-state index is 12.1. The molecular formula is C17H16O5. The highest BCUT2D eigenvalue weighted by Gasteiger charge is 2.32. The second-order valence-corrected chi connectivity index (χ2v) is 5.41. The Morgan fingerprint density at radius 1 is 1.32 bits per heavy atom. The summed E-state index contributed by atoms with van der Waals surface area (Å²) in [6, 6.07) is 7.08. The van der Waals surface area contributed by atoms with E-state index in [4.69, 9.17) is 9.47 Å². The molecule has 5 nitrogen and oxygen atoms in total. The highest BCUT2D eigenvalue weighted by Crippen LogP contribution is 2.44. The van der Waals surface area contributed by atoms with Crippen LogP contribution in [0, 0.1) is 0 Å². The molecule has 0 aliphatic carbocycles. The number of aliphatic hydroxyl groups excluding tert-OH is 1. The van der Waals surface area contributed by atoms with E-state index in [9.17, 15) is 15.0 Å². The Kier molecular flexibility index (Phi) is 3.30. The summed E-state index contributed by atoms with van der Waals surface area (Å²) in [5.41, 5.74) is -0.360. The zero-order valence-corrected chi connectivity index (χ0v) is 12.3. The molecular weight excluding hydrogens is 284 g/mol. The monoisotopic (exact) mass is 300 g/mol. The summed E-state index contributed by atoms with van der Waals surface area (Å²) in [5, 5.41) is 21.1. The van der Waals surface area contributed by atoms with Crippen LogP contribution in [0.1, 0.15) is 22.8 Å². The number of rotatable bonds is 2. The Bertz CT molecular complexity index is 793. The Morgan fingerprint density at radius 3 is 2.64 bits per heavy atom. The quantitative estimate of drug-likeness (QED) is 0.833. The molecule has 0 bridgehead atoms. The van der Waals surface area contributed by atoms with Gasteiger partial charge in [-0.2, -0.15) is 0 Å². The molecule has 1 atom stereocenters. The van der Waals surface area contributed by atoms with Gasteiger partial charge in [0.05, 0.1) is 13.7 Å². The predicted molar refractivity (Wildman–Crippen MR) is 82.1 cm³/mol. The summed E-state index contributed by atoms with van der Waals surface area (Å²) in [4.78, 5) is 12.1. The second-order valence-electron chi connectivity index (χ2n) is 5.41. The minimum Gasteiger partial charge on any atom is -0.506 e. The number of ether oxygens (including phenoxy) is 2. The molecule has 5 heteroatoms. The summed E-state index contributed by atoms with van der Waals surface area (Å²) >= 11 is 0. The fraction of sp³-hybridized carbons (Fsp3) is 0.235. The van der Waals surface area contributed by atoms with E-state index in [2.05, 4.69) is 0 Å². The maximum atomic E-state index is 12.1. The van der Waals surface area contributed by atoms with Gasteiger partial charge in [0.1, 0.15) is 22.7 Å². The number of carbonyl (C=O) groups is 1. The average molecular weight is 300 g/mol. The molecule has 22 heavy (non-hydrogen) atoms. The van der Waals surface area contributed by atoms with Gasteiger partial charge in [-0.3, -0.25) is 0 Å². The number of phenols is 1. The Morgan fingerprint density at radius 2 is 2.00 bits per heavy atom. The van der Waals surface area contributed by atoms with Crippen LogP contribution < -0.4 is 4.74 Å². The molecule has 0 amide bonds. The number of carbonyl (C=O) groups excluding carboxylic acids is 1. The standard InChI is InChI=1S/C17H16O5/c1-17(9-18)8-7-12-13(16(20)21-2)14(19)10-5-3-4-6-11(10)15(12)22-17/h3-8,18-19H,9H2,1-2H3/t17-/m1/s1. The van der Waals surface area contributed by atoms with Crippen molar-refractivity contribution in [2.24, 2.45) is 0 Å². The first-order chi connectivity index (χ1) is 10.5. The third-order valence-corrected chi connectivity index (χ3v) is 3.82. The number of methoxy groups -OCH3 is 1. The van der Waals surface area contributed by atoms with Crippen molar-refractivity contribution >= 4 is 22.8 Å². The van der Waals surface area contributed by atoms with E-state index in [1.807, 2.05) is 6.07 Å². The topological polar surface area (TPSA) is 76.0 Å². The lowest BCUT2D eigenvalue weighted by Gasteiger charge is -2.31. The lowest BCUT2D eigenvalue weighted by atomic mass is 9.93. The van der Waals surface area contributed by atoms with Gasteiger partial charge in [0, 0.05) is 16.3 Å². The van der Waals surface area contributed by atoms with Gasteiger partial charge >= 0.3 is 5.97 Å². The van der Waals surface area contributed by atoms with Crippen LogP contribution in [-0.2, 0) is 4.74 Å². The van der Waals surface area contributed by atoms with E-state index in [0.717, 1.165) is 0 Å². The van der Waals surface area contributed by atoms with E-state index >= 15 is 0 Å². The van der Waals surface area contributed by atoms with E-state index in [1.54, 1.807) is 37.3 Å². The van der Waals surface area contributed by atoms with E-state index in [1.165, 1.54) is 7.11 Å². The third-order valence-electron chi connectivity index (χ3n) is 3.82. The molecule has 114 valence electrons. The number of hydrogen-bond acceptors (Lipinski definition) is 5. The molecule has 0 aromatic heterocycles. The first kappa shape index (κ1) is 14.4. The Labute approximate surface area is 127 Å². The first-order valence-corrected chi connectivity index (χ1v) is 6.86. The van der Waals surface area contributed by atoms with Gasteiger partial charge in [0.25, 0.3) is 0 Å². The molecule has 0 spiro atoms. The largest absolute Gasteiger partial charge is 0.506 e. The molecule has 1 heterocycles. The van der Waals surface area contributed by atoms with Gasteiger partial charge in [-0.25, -0.2) is 4.79 Å². The van der Waals surface area contributed by atoms with Crippen molar-refractivity contribution in [2.45, 2.75) is 12.5 Å². The molecule has 0 saturated heterocycles. The van der Waals surface area contributed by atoms with Gasteiger partial charge in [-0.15, -0.1) is 0 Å². The normalized spacial score (nSPS) is 19.6. The predicted octanol–water partition coefficient (Wildman–Crippen LogP) is 2.49. The summed E-state index contributed by atoms with van der Waals surface area (Å²) in [7, 11) is 1.26. The molecule has 1 aliphatic heterocycles. The van der Waals surface area contributed by atoms with Gasteiger partial charge < -0.3 is 19.7 Å². The number of aromatic hydroxyl groups is 1. The van der Waals surface area contributed by atoms with Crippen LogP contribution in [-0.4, -0.2) is 35.5 Å². The number of phenolic OH excluding ortho intramolecular Hbond substituents is 1. The van der Waals surface area contributed by atoms with Crippen molar-refractivity contribution in [3.8, 4) is 11.5 Å². The third kappa shape index (κ3) is 2.02. The fourth-order valence-electron chi connectivity index (χ4n) is 2.60. The maximum Gasteiger partial charge on any atom is 0.342 e. The molecule has 2 aromatic rings. The van der Waals surface area contributed by atoms with Crippen LogP contribution >= 0.6 is 0 Å².